The molecule has 3 rings (SSSR count). The summed E-state index contributed by atoms with van der Waals surface area (Å²) in [5.74, 6) is -0.721. The number of nitrogens with two attached hydrogens (primary N) is 1. The summed E-state index contributed by atoms with van der Waals surface area (Å²) in [6, 6.07) is 1.50. The van der Waals surface area contributed by atoms with Crippen molar-refractivity contribution in [2.75, 3.05) is 6.54 Å². The van der Waals surface area contributed by atoms with Crippen LogP contribution in [0, 0.1) is 6.92 Å². The van der Waals surface area contributed by atoms with Gasteiger partial charge in [0, 0.05) is 30.0 Å². The highest BCUT2D eigenvalue weighted by Crippen LogP contribution is 2.34. The molecule has 0 saturated carbocycles. The first kappa shape index (κ1) is 14.6. The zero-order valence-corrected chi connectivity index (χ0v) is 13.0. The molecule has 0 unspecified atom stereocenters. The Bertz CT molecular complexity index is 728. The maximum Gasteiger partial charge on any atom is 0.256 e. The minimum atomic E-state index is -0.587. The highest BCUT2D eigenvalue weighted by molar-refractivity contribution is 7.09. The van der Waals surface area contributed by atoms with Crippen LogP contribution in [-0.4, -0.2) is 33.2 Å². The predicted octanol–water partition coefficient (Wildman–Crippen LogP) is 1.92. The Morgan fingerprint density at radius 2 is 2.14 bits per heavy atom. The van der Waals surface area contributed by atoms with Gasteiger partial charge in [-0.05, 0) is 25.8 Å². The molecule has 1 saturated heterocycles. The van der Waals surface area contributed by atoms with Crippen LogP contribution in [0.2, 0.25) is 0 Å². The molecule has 1 aliphatic rings. The number of rotatable bonds is 3. The van der Waals surface area contributed by atoms with Crippen LogP contribution in [0.5, 0.6) is 0 Å². The Balaban J connectivity index is 1.87. The quantitative estimate of drug-likeness (QED) is 0.937. The average molecular weight is 316 g/mol. The van der Waals surface area contributed by atoms with Crippen LogP contribution in [0.4, 0.5) is 0 Å². The highest BCUT2D eigenvalue weighted by Gasteiger charge is 2.32. The Morgan fingerprint density at radius 3 is 2.82 bits per heavy atom. The molecule has 2 aromatic rings. The first-order chi connectivity index (χ1) is 10.6. The van der Waals surface area contributed by atoms with Crippen molar-refractivity contribution in [1.29, 1.82) is 0 Å². The SMILES string of the molecule is Cc1csc([C@H]2CCCN2C(=O)c2cncc(C(N)=O)c2)n1. The van der Waals surface area contributed by atoms with E-state index in [4.69, 9.17) is 5.73 Å². The summed E-state index contributed by atoms with van der Waals surface area (Å²) in [6.45, 7) is 2.63. The van der Waals surface area contributed by atoms with Crippen molar-refractivity contribution >= 4 is 23.2 Å². The molecule has 114 valence electrons. The molecule has 3 heterocycles. The molecule has 6 nitrogen and oxygen atoms in total. The van der Waals surface area contributed by atoms with Gasteiger partial charge >= 0.3 is 0 Å². The molecule has 2 amide bonds. The molecule has 0 aromatic carbocycles. The Morgan fingerprint density at radius 1 is 1.36 bits per heavy atom. The maximum absolute atomic E-state index is 12.7. The minimum Gasteiger partial charge on any atom is -0.366 e. The standard InChI is InChI=1S/C15H16N4O2S/c1-9-8-22-14(18-9)12-3-2-4-19(12)15(21)11-5-10(13(16)20)6-17-7-11/h5-8,12H,2-4H2,1H3,(H2,16,20)/t12-/m1/s1. The lowest BCUT2D eigenvalue weighted by Gasteiger charge is -2.23. The van der Waals surface area contributed by atoms with Gasteiger partial charge in [0.25, 0.3) is 5.91 Å². The highest BCUT2D eigenvalue weighted by atomic mass is 32.1. The normalized spacial score (nSPS) is 17.7. The van der Waals surface area contributed by atoms with Crippen molar-refractivity contribution < 1.29 is 9.59 Å². The number of aryl methyl sites for hydroxylation is 1. The molecule has 1 fully saturated rings. The first-order valence-electron chi connectivity index (χ1n) is 7.04. The fraction of sp³-hybridized carbons (Fsp3) is 0.333. The van der Waals surface area contributed by atoms with Crippen LogP contribution >= 0.6 is 11.3 Å². The molecule has 0 spiro atoms. The van der Waals surface area contributed by atoms with Crippen molar-refractivity contribution in [3.63, 3.8) is 0 Å². The van der Waals surface area contributed by atoms with Crippen molar-refractivity contribution in [3.8, 4) is 0 Å². The molecule has 0 aliphatic carbocycles. The molecule has 0 radical (unpaired) electrons. The summed E-state index contributed by atoms with van der Waals surface area (Å²) >= 11 is 1.58. The van der Waals surface area contributed by atoms with Crippen LogP contribution in [0.15, 0.2) is 23.8 Å². The summed E-state index contributed by atoms with van der Waals surface area (Å²) < 4.78 is 0. The number of carbonyl (C=O) groups excluding carboxylic acids is 2. The smallest absolute Gasteiger partial charge is 0.256 e. The molecular formula is C15H16N4O2S. The van der Waals surface area contributed by atoms with Crippen molar-refractivity contribution in [2.24, 2.45) is 5.73 Å². The van der Waals surface area contributed by atoms with Crippen molar-refractivity contribution in [2.45, 2.75) is 25.8 Å². The van der Waals surface area contributed by atoms with Crippen LogP contribution in [0.1, 0.15) is 50.3 Å². The van der Waals surface area contributed by atoms with Gasteiger partial charge in [-0.3, -0.25) is 14.6 Å². The summed E-state index contributed by atoms with van der Waals surface area (Å²) in [4.78, 5) is 34.2. The number of amides is 2. The second kappa shape index (κ2) is 5.84. The van der Waals surface area contributed by atoms with E-state index in [-0.39, 0.29) is 17.5 Å². The van der Waals surface area contributed by atoms with Gasteiger partial charge in [-0.2, -0.15) is 0 Å². The number of primary amides is 1. The Kier molecular flexibility index (Phi) is 3.89. The third-order valence-corrected chi connectivity index (χ3v) is 4.77. The molecular weight excluding hydrogens is 300 g/mol. The van der Waals surface area contributed by atoms with E-state index in [1.54, 1.807) is 16.2 Å². The van der Waals surface area contributed by atoms with Gasteiger partial charge in [0.2, 0.25) is 5.91 Å². The minimum absolute atomic E-state index is 0.00318. The fourth-order valence-electron chi connectivity index (χ4n) is 2.65. The largest absolute Gasteiger partial charge is 0.366 e. The van der Waals surface area contributed by atoms with Crippen LogP contribution in [-0.2, 0) is 0 Å². The van der Waals surface area contributed by atoms with Crippen LogP contribution in [0.3, 0.4) is 0 Å². The number of pyridine rings is 1. The first-order valence-corrected chi connectivity index (χ1v) is 7.92. The van der Waals surface area contributed by atoms with Gasteiger partial charge in [0.15, 0.2) is 0 Å². The van der Waals surface area contributed by atoms with Gasteiger partial charge < -0.3 is 10.6 Å². The van der Waals surface area contributed by atoms with Gasteiger partial charge in [-0.15, -0.1) is 11.3 Å². The van der Waals surface area contributed by atoms with Crippen LogP contribution in [0.25, 0.3) is 0 Å². The molecule has 1 aliphatic heterocycles. The summed E-state index contributed by atoms with van der Waals surface area (Å²) in [5.41, 5.74) is 6.84. The van der Waals surface area contributed by atoms with Crippen molar-refractivity contribution in [1.82, 2.24) is 14.9 Å². The lowest BCUT2D eigenvalue weighted by atomic mass is 10.1. The van der Waals surface area contributed by atoms with Crippen molar-refractivity contribution in [3.05, 3.63) is 45.7 Å². The average Bonchev–Trinajstić information content (AvgIpc) is 3.15. The molecule has 22 heavy (non-hydrogen) atoms. The monoisotopic (exact) mass is 316 g/mol. The number of aromatic nitrogens is 2. The van der Waals surface area contributed by atoms with Crippen LogP contribution < -0.4 is 5.73 Å². The number of likely N-dealkylation sites (tertiary alicyclic amines) is 1. The van der Waals surface area contributed by atoms with Gasteiger partial charge in [-0.1, -0.05) is 0 Å². The summed E-state index contributed by atoms with van der Waals surface area (Å²) in [5, 5.41) is 2.95. The lowest BCUT2D eigenvalue weighted by Crippen LogP contribution is -2.31. The molecule has 1 atom stereocenters. The molecule has 2 aromatic heterocycles. The number of hydrogen-bond donors (Lipinski definition) is 1. The molecule has 0 bridgehead atoms. The van der Waals surface area contributed by atoms with E-state index >= 15 is 0 Å². The van der Waals surface area contributed by atoms with Gasteiger partial charge in [0.05, 0.1) is 17.2 Å². The number of nitrogens with zero attached hydrogens (tertiary/aromatic N) is 3. The second-order valence-electron chi connectivity index (χ2n) is 5.31. The third kappa shape index (κ3) is 2.71. The lowest BCUT2D eigenvalue weighted by molar-refractivity contribution is 0.0735. The number of carbonyl (C=O) groups is 2. The van der Waals surface area contributed by atoms with E-state index in [9.17, 15) is 9.59 Å². The van der Waals surface area contributed by atoms with Gasteiger partial charge in [0.1, 0.15) is 5.01 Å². The summed E-state index contributed by atoms with van der Waals surface area (Å²) in [7, 11) is 0. The topological polar surface area (TPSA) is 89.2 Å². The van der Waals surface area contributed by atoms with E-state index in [2.05, 4.69) is 9.97 Å². The molecule has 7 heteroatoms. The predicted molar refractivity (Wildman–Crippen MR) is 82.6 cm³/mol. The second-order valence-corrected chi connectivity index (χ2v) is 6.20. The van der Waals surface area contributed by atoms with E-state index < -0.39 is 5.91 Å². The van der Waals surface area contributed by atoms with E-state index in [1.807, 2.05) is 12.3 Å². The maximum atomic E-state index is 12.7. The molecule has 2 N–H and O–H groups in total. The zero-order chi connectivity index (χ0) is 15.7. The fourth-order valence-corrected chi connectivity index (χ4v) is 3.59. The van der Waals surface area contributed by atoms with Gasteiger partial charge in [-0.25, -0.2) is 4.98 Å². The Hall–Kier alpha value is -2.28. The van der Waals surface area contributed by atoms with E-state index in [1.165, 1.54) is 18.5 Å². The van der Waals surface area contributed by atoms with E-state index in [0.717, 1.165) is 23.5 Å². The Labute approximate surface area is 132 Å². The summed E-state index contributed by atoms with van der Waals surface area (Å²) in [6.07, 6.45) is 4.68. The number of thiazole rings is 1. The third-order valence-electron chi connectivity index (χ3n) is 3.71. The van der Waals surface area contributed by atoms with E-state index in [0.29, 0.717) is 12.1 Å². The number of hydrogen-bond acceptors (Lipinski definition) is 5. The zero-order valence-electron chi connectivity index (χ0n) is 12.2.